The van der Waals surface area contributed by atoms with E-state index >= 15 is 0 Å². The van der Waals surface area contributed by atoms with Crippen molar-refractivity contribution >= 4 is 15.7 Å². The molecule has 0 amide bonds. The fourth-order valence-electron chi connectivity index (χ4n) is 1.99. The van der Waals surface area contributed by atoms with Gasteiger partial charge in [-0.25, -0.2) is 13.1 Å². The second-order valence-corrected chi connectivity index (χ2v) is 6.67. The Hall–Kier alpha value is -2.65. The normalized spacial score (nSPS) is 11.1. The molecule has 0 saturated carbocycles. The van der Waals surface area contributed by atoms with E-state index in [1.165, 1.54) is 18.2 Å². The molecule has 2 rings (SSSR count). The molecule has 0 saturated heterocycles. The molecule has 2 aromatic rings. The summed E-state index contributed by atoms with van der Waals surface area (Å²) < 4.78 is 37.4. The third-order valence-corrected chi connectivity index (χ3v) is 4.60. The Morgan fingerprint density at radius 2 is 1.72 bits per heavy atom. The molecular weight excluding hydrogens is 348 g/mol. The molecule has 0 radical (unpaired) electrons. The topological polar surface area (TPSA) is 108 Å². The van der Waals surface area contributed by atoms with Gasteiger partial charge in [-0.15, -0.1) is 0 Å². The Morgan fingerprint density at radius 3 is 2.32 bits per heavy atom. The minimum atomic E-state index is -3.84. The van der Waals surface area contributed by atoms with Crippen LogP contribution < -0.4 is 14.2 Å². The van der Waals surface area contributed by atoms with Crippen LogP contribution in [0.3, 0.4) is 0 Å². The molecule has 0 spiro atoms. The van der Waals surface area contributed by atoms with Crippen molar-refractivity contribution in [1.29, 1.82) is 0 Å². The fourth-order valence-corrected chi connectivity index (χ4v) is 3.04. The first-order chi connectivity index (χ1) is 11.9. The summed E-state index contributed by atoms with van der Waals surface area (Å²) in [5.41, 5.74) is -0.284. The van der Waals surface area contributed by atoms with Crippen LogP contribution in [-0.2, 0) is 10.0 Å². The van der Waals surface area contributed by atoms with Crippen molar-refractivity contribution in [2.45, 2.75) is 11.8 Å². The second kappa shape index (κ2) is 8.45. The van der Waals surface area contributed by atoms with Gasteiger partial charge in [-0.05, 0) is 37.3 Å². The van der Waals surface area contributed by atoms with Gasteiger partial charge in [0.25, 0.3) is 5.69 Å². The molecule has 0 unspecified atom stereocenters. The van der Waals surface area contributed by atoms with Crippen molar-refractivity contribution in [3.05, 3.63) is 58.6 Å². The number of non-ortho nitro benzene ring substituents is 1. The number of rotatable bonds is 9. The summed E-state index contributed by atoms with van der Waals surface area (Å²) in [6.45, 7) is 2.60. The van der Waals surface area contributed by atoms with Crippen LogP contribution in [0.25, 0.3) is 0 Å². The lowest BCUT2D eigenvalue weighted by Crippen LogP contribution is -2.28. The number of nitrogens with zero attached hydrogens (tertiary/aromatic N) is 1. The molecule has 1 N–H and O–H groups in total. The number of nitro groups is 1. The van der Waals surface area contributed by atoms with E-state index in [4.69, 9.17) is 9.47 Å². The van der Waals surface area contributed by atoms with Crippen LogP contribution in [0.2, 0.25) is 0 Å². The van der Waals surface area contributed by atoms with Gasteiger partial charge in [0.1, 0.15) is 18.1 Å². The van der Waals surface area contributed by atoms with E-state index in [2.05, 4.69) is 4.72 Å². The predicted molar refractivity (Wildman–Crippen MR) is 91.4 cm³/mol. The summed E-state index contributed by atoms with van der Waals surface area (Å²) in [5.74, 6) is 1.30. The van der Waals surface area contributed by atoms with E-state index in [0.29, 0.717) is 12.4 Å². The number of nitro benzene ring substituents is 1. The molecule has 8 nitrogen and oxygen atoms in total. The van der Waals surface area contributed by atoms with Crippen LogP contribution >= 0.6 is 0 Å². The van der Waals surface area contributed by atoms with Crippen molar-refractivity contribution in [1.82, 2.24) is 4.72 Å². The Labute approximate surface area is 145 Å². The SMILES string of the molecule is CCOc1ccc(OCCNS(=O)(=O)c2cccc([N+](=O)[O-])c2)cc1. The van der Waals surface area contributed by atoms with Crippen LogP contribution in [0.1, 0.15) is 6.92 Å². The zero-order chi connectivity index (χ0) is 18.3. The maximum atomic E-state index is 12.1. The number of hydrogen-bond acceptors (Lipinski definition) is 6. The quantitative estimate of drug-likeness (QED) is 0.415. The maximum absolute atomic E-state index is 12.1. The minimum Gasteiger partial charge on any atom is -0.494 e. The molecule has 0 aromatic heterocycles. The molecule has 9 heteroatoms. The Bertz CT molecular complexity index is 821. The van der Waals surface area contributed by atoms with Gasteiger partial charge >= 0.3 is 0 Å². The van der Waals surface area contributed by atoms with E-state index in [-0.39, 0.29) is 23.7 Å². The lowest BCUT2D eigenvalue weighted by Gasteiger charge is -2.09. The maximum Gasteiger partial charge on any atom is 0.270 e. The summed E-state index contributed by atoms with van der Waals surface area (Å²) in [6, 6.07) is 11.8. The molecule has 0 aliphatic carbocycles. The van der Waals surface area contributed by atoms with E-state index in [1.54, 1.807) is 24.3 Å². The average Bonchev–Trinajstić information content (AvgIpc) is 2.60. The first-order valence-corrected chi connectivity index (χ1v) is 9.00. The molecule has 25 heavy (non-hydrogen) atoms. The fraction of sp³-hybridized carbons (Fsp3) is 0.250. The van der Waals surface area contributed by atoms with Gasteiger partial charge in [0.15, 0.2) is 0 Å². The van der Waals surface area contributed by atoms with E-state index < -0.39 is 14.9 Å². The molecule has 0 aliphatic heterocycles. The monoisotopic (exact) mass is 366 g/mol. The first-order valence-electron chi connectivity index (χ1n) is 7.52. The lowest BCUT2D eigenvalue weighted by molar-refractivity contribution is -0.385. The van der Waals surface area contributed by atoms with Crippen molar-refractivity contribution in [2.24, 2.45) is 0 Å². The number of sulfonamides is 1. The summed E-state index contributed by atoms with van der Waals surface area (Å²) in [7, 11) is -3.84. The minimum absolute atomic E-state index is 0.0260. The Balaban J connectivity index is 1.88. The van der Waals surface area contributed by atoms with Gasteiger partial charge in [-0.1, -0.05) is 6.07 Å². The van der Waals surface area contributed by atoms with Gasteiger partial charge in [-0.2, -0.15) is 0 Å². The van der Waals surface area contributed by atoms with Gasteiger partial charge in [-0.3, -0.25) is 10.1 Å². The molecule has 2 aromatic carbocycles. The lowest BCUT2D eigenvalue weighted by atomic mass is 10.3. The summed E-state index contributed by atoms with van der Waals surface area (Å²) in [5, 5.41) is 10.7. The highest BCUT2D eigenvalue weighted by atomic mass is 32.2. The standard InChI is InChI=1S/C16H18N2O6S/c1-2-23-14-6-8-15(9-7-14)24-11-10-17-25(21,22)16-5-3-4-13(12-16)18(19)20/h3-9,12,17H,2,10-11H2,1H3. The van der Waals surface area contributed by atoms with E-state index in [9.17, 15) is 18.5 Å². The molecule has 0 aliphatic rings. The second-order valence-electron chi connectivity index (χ2n) is 4.91. The number of hydrogen-bond donors (Lipinski definition) is 1. The van der Waals surface area contributed by atoms with E-state index in [0.717, 1.165) is 11.8 Å². The van der Waals surface area contributed by atoms with Crippen LogP contribution in [0.4, 0.5) is 5.69 Å². The van der Waals surface area contributed by atoms with Crippen LogP contribution in [0, 0.1) is 10.1 Å². The number of ether oxygens (including phenoxy) is 2. The summed E-state index contributed by atoms with van der Waals surface area (Å²) in [4.78, 5) is 9.91. The summed E-state index contributed by atoms with van der Waals surface area (Å²) >= 11 is 0. The zero-order valence-corrected chi connectivity index (χ0v) is 14.4. The highest BCUT2D eigenvalue weighted by Gasteiger charge is 2.17. The molecule has 0 fully saturated rings. The average molecular weight is 366 g/mol. The highest BCUT2D eigenvalue weighted by Crippen LogP contribution is 2.18. The van der Waals surface area contributed by atoms with Crippen molar-refractivity contribution in [2.75, 3.05) is 19.8 Å². The van der Waals surface area contributed by atoms with E-state index in [1.807, 2.05) is 6.92 Å². The van der Waals surface area contributed by atoms with Crippen molar-refractivity contribution in [3.8, 4) is 11.5 Å². The third-order valence-electron chi connectivity index (χ3n) is 3.14. The highest BCUT2D eigenvalue weighted by molar-refractivity contribution is 7.89. The summed E-state index contributed by atoms with van der Waals surface area (Å²) in [6.07, 6.45) is 0. The Morgan fingerprint density at radius 1 is 1.08 bits per heavy atom. The van der Waals surface area contributed by atoms with Gasteiger partial charge in [0.05, 0.1) is 16.4 Å². The van der Waals surface area contributed by atoms with Gasteiger partial charge in [0.2, 0.25) is 10.0 Å². The third kappa shape index (κ3) is 5.44. The number of benzene rings is 2. The molecular formula is C16H18N2O6S. The van der Waals surface area contributed by atoms with Crippen LogP contribution in [0.15, 0.2) is 53.4 Å². The first kappa shape index (κ1) is 18.7. The van der Waals surface area contributed by atoms with Gasteiger partial charge < -0.3 is 9.47 Å². The molecule has 0 atom stereocenters. The van der Waals surface area contributed by atoms with Crippen molar-refractivity contribution in [3.63, 3.8) is 0 Å². The van der Waals surface area contributed by atoms with Crippen molar-refractivity contribution < 1.29 is 22.8 Å². The van der Waals surface area contributed by atoms with Crippen LogP contribution in [0.5, 0.6) is 11.5 Å². The predicted octanol–water partition coefficient (Wildman–Crippen LogP) is 2.35. The zero-order valence-electron chi connectivity index (χ0n) is 13.5. The Kier molecular flexibility index (Phi) is 6.31. The molecule has 134 valence electrons. The molecule has 0 bridgehead atoms. The van der Waals surface area contributed by atoms with Gasteiger partial charge in [0, 0.05) is 18.7 Å². The van der Waals surface area contributed by atoms with Crippen LogP contribution in [-0.4, -0.2) is 33.1 Å². The molecule has 0 heterocycles. The number of nitrogens with one attached hydrogen (secondary N) is 1. The largest absolute Gasteiger partial charge is 0.494 e. The smallest absolute Gasteiger partial charge is 0.270 e.